The van der Waals surface area contributed by atoms with Gasteiger partial charge in [0.1, 0.15) is 5.82 Å². The van der Waals surface area contributed by atoms with Gasteiger partial charge in [-0.25, -0.2) is 9.07 Å². The molecular weight excluding hydrogens is 321 g/mol. The summed E-state index contributed by atoms with van der Waals surface area (Å²) < 4.78 is 15.4. The maximum Gasteiger partial charge on any atom is 0.280 e. The van der Waals surface area contributed by atoms with Crippen LogP contribution < -0.4 is 10.2 Å². The van der Waals surface area contributed by atoms with Crippen molar-refractivity contribution in [1.29, 1.82) is 0 Å². The van der Waals surface area contributed by atoms with Crippen molar-refractivity contribution < 1.29 is 9.18 Å². The minimum Gasteiger partial charge on any atom is -0.317 e. The van der Waals surface area contributed by atoms with E-state index in [4.69, 9.17) is 0 Å². The first-order valence-electron chi connectivity index (χ1n) is 8.88. The van der Waals surface area contributed by atoms with E-state index in [-0.39, 0.29) is 17.8 Å². The van der Waals surface area contributed by atoms with Gasteiger partial charge in [-0.05, 0) is 69.5 Å². The number of fused-ring (bicyclic) bond motifs is 1. The Morgan fingerprint density at radius 1 is 1.32 bits per heavy atom. The third-order valence-electron chi connectivity index (χ3n) is 5.19. The molecular formula is C18H22FN5O. The molecule has 25 heavy (non-hydrogen) atoms. The van der Waals surface area contributed by atoms with Crippen molar-refractivity contribution in [3.63, 3.8) is 0 Å². The van der Waals surface area contributed by atoms with Crippen LogP contribution in [0.5, 0.6) is 0 Å². The Kier molecular flexibility index (Phi) is 4.25. The SMILES string of the molecule is Cc1c(C(=O)N2CCCc3cc(F)ccc32)nnn1C1CCNCC1. The standard InChI is InChI=1S/C18H22FN5O/c1-12-17(21-22-24(12)15-6-8-20-9-7-15)18(25)23-10-2-3-13-11-14(19)4-5-16(13)23/h4-5,11,15,20H,2-3,6-10H2,1H3. The molecule has 1 aromatic carbocycles. The molecule has 2 aromatic rings. The fourth-order valence-electron chi connectivity index (χ4n) is 3.84. The summed E-state index contributed by atoms with van der Waals surface area (Å²) in [5, 5.41) is 11.8. The van der Waals surface area contributed by atoms with Crippen LogP contribution in [0.4, 0.5) is 10.1 Å². The minimum atomic E-state index is -0.263. The highest BCUT2D eigenvalue weighted by molar-refractivity contribution is 6.06. The molecule has 3 heterocycles. The lowest BCUT2D eigenvalue weighted by Gasteiger charge is -2.29. The zero-order valence-electron chi connectivity index (χ0n) is 14.3. The summed E-state index contributed by atoms with van der Waals surface area (Å²) in [7, 11) is 0. The summed E-state index contributed by atoms with van der Waals surface area (Å²) in [5.74, 6) is -0.411. The van der Waals surface area contributed by atoms with Crippen molar-refractivity contribution in [3.05, 3.63) is 41.0 Å². The topological polar surface area (TPSA) is 63.1 Å². The van der Waals surface area contributed by atoms with E-state index in [0.29, 0.717) is 12.2 Å². The van der Waals surface area contributed by atoms with Crippen LogP contribution in [0.2, 0.25) is 0 Å². The maximum atomic E-state index is 13.5. The minimum absolute atomic E-state index is 0.148. The van der Waals surface area contributed by atoms with Gasteiger partial charge in [0.05, 0.1) is 11.7 Å². The summed E-state index contributed by atoms with van der Waals surface area (Å²) in [4.78, 5) is 14.8. The molecule has 0 unspecified atom stereocenters. The van der Waals surface area contributed by atoms with Gasteiger partial charge in [0.15, 0.2) is 5.69 Å². The van der Waals surface area contributed by atoms with E-state index < -0.39 is 0 Å². The quantitative estimate of drug-likeness (QED) is 0.908. The summed E-state index contributed by atoms with van der Waals surface area (Å²) in [6.07, 6.45) is 3.59. The van der Waals surface area contributed by atoms with Crippen molar-refractivity contribution in [2.24, 2.45) is 0 Å². The Morgan fingerprint density at radius 2 is 2.12 bits per heavy atom. The molecule has 1 amide bonds. The van der Waals surface area contributed by atoms with Crippen LogP contribution in [0.25, 0.3) is 0 Å². The lowest BCUT2D eigenvalue weighted by Crippen LogP contribution is -2.36. The molecule has 0 radical (unpaired) electrons. The van der Waals surface area contributed by atoms with Crippen LogP contribution in [0.3, 0.4) is 0 Å². The number of aromatic nitrogens is 3. The van der Waals surface area contributed by atoms with Crippen LogP contribution in [0, 0.1) is 12.7 Å². The van der Waals surface area contributed by atoms with Gasteiger partial charge in [-0.1, -0.05) is 5.21 Å². The molecule has 132 valence electrons. The number of benzene rings is 1. The summed E-state index contributed by atoms with van der Waals surface area (Å²) in [5.41, 5.74) is 2.87. The first-order chi connectivity index (χ1) is 12.1. The van der Waals surface area contributed by atoms with Gasteiger partial charge >= 0.3 is 0 Å². The van der Waals surface area contributed by atoms with Gasteiger partial charge in [-0.3, -0.25) is 4.79 Å². The zero-order valence-corrected chi connectivity index (χ0v) is 14.3. The summed E-state index contributed by atoms with van der Waals surface area (Å²) in [6.45, 7) is 4.44. The maximum absolute atomic E-state index is 13.5. The Balaban J connectivity index is 1.63. The van der Waals surface area contributed by atoms with E-state index in [0.717, 1.165) is 55.7 Å². The Bertz CT molecular complexity index is 797. The largest absolute Gasteiger partial charge is 0.317 e. The van der Waals surface area contributed by atoms with Crippen molar-refractivity contribution in [2.45, 2.75) is 38.6 Å². The van der Waals surface area contributed by atoms with Gasteiger partial charge < -0.3 is 10.2 Å². The number of anilines is 1. The van der Waals surface area contributed by atoms with Crippen molar-refractivity contribution >= 4 is 11.6 Å². The molecule has 0 bridgehead atoms. The van der Waals surface area contributed by atoms with Crippen molar-refractivity contribution in [1.82, 2.24) is 20.3 Å². The Morgan fingerprint density at radius 3 is 2.92 bits per heavy atom. The molecule has 7 heteroatoms. The Hall–Kier alpha value is -2.28. The number of halogens is 1. The average molecular weight is 343 g/mol. The van der Waals surface area contributed by atoms with E-state index in [1.165, 1.54) is 12.1 Å². The number of nitrogens with one attached hydrogen (secondary N) is 1. The highest BCUT2D eigenvalue weighted by Gasteiger charge is 2.29. The number of amides is 1. The lowest BCUT2D eigenvalue weighted by atomic mass is 10.0. The van der Waals surface area contributed by atoms with E-state index in [1.54, 1.807) is 11.0 Å². The number of piperidine rings is 1. The molecule has 1 saturated heterocycles. The van der Waals surface area contributed by atoms with Gasteiger partial charge in [0.2, 0.25) is 0 Å². The first-order valence-corrected chi connectivity index (χ1v) is 8.88. The van der Waals surface area contributed by atoms with E-state index in [2.05, 4.69) is 15.6 Å². The molecule has 4 rings (SSSR count). The number of carbonyl (C=O) groups excluding carboxylic acids is 1. The molecule has 6 nitrogen and oxygen atoms in total. The molecule has 1 fully saturated rings. The first kappa shape index (κ1) is 16.2. The number of nitrogens with zero attached hydrogens (tertiary/aromatic N) is 4. The number of hydrogen-bond acceptors (Lipinski definition) is 4. The third kappa shape index (κ3) is 2.93. The van der Waals surface area contributed by atoms with Gasteiger partial charge in [0.25, 0.3) is 5.91 Å². The summed E-state index contributed by atoms with van der Waals surface area (Å²) >= 11 is 0. The fraction of sp³-hybridized carbons (Fsp3) is 0.500. The molecule has 1 aromatic heterocycles. The molecule has 0 atom stereocenters. The molecule has 2 aliphatic heterocycles. The second kappa shape index (κ2) is 6.55. The van der Waals surface area contributed by atoms with Gasteiger partial charge in [-0.2, -0.15) is 0 Å². The van der Waals surface area contributed by atoms with E-state index in [9.17, 15) is 9.18 Å². The average Bonchev–Trinajstić information content (AvgIpc) is 3.02. The number of aryl methyl sites for hydroxylation is 1. The molecule has 0 aliphatic carbocycles. The predicted octanol–water partition coefficient (Wildman–Crippen LogP) is 2.24. The molecule has 1 N–H and O–H groups in total. The number of hydrogen-bond donors (Lipinski definition) is 1. The van der Waals surface area contributed by atoms with Crippen LogP contribution in [-0.2, 0) is 6.42 Å². The molecule has 2 aliphatic rings. The van der Waals surface area contributed by atoms with Crippen molar-refractivity contribution in [2.75, 3.05) is 24.5 Å². The van der Waals surface area contributed by atoms with Gasteiger partial charge in [-0.15, -0.1) is 5.10 Å². The summed E-state index contributed by atoms with van der Waals surface area (Å²) in [6, 6.07) is 4.91. The second-order valence-electron chi connectivity index (χ2n) is 6.78. The smallest absolute Gasteiger partial charge is 0.280 e. The third-order valence-corrected chi connectivity index (χ3v) is 5.19. The zero-order chi connectivity index (χ0) is 17.4. The van der Waals surface area contributed by atoms with E-state index >= 15 is 0 Å². The fourth-order valence-corrected chi connectivity index (χ4v) is 3.84. The number of rotatable bonds is 2. The normalized spacial score (nSPS) is 18.2. The monoisotopic (exact) mass is 343 g/mol. The van der Waals surface area contributed by atoms with Crippen LogP contribution in [-0.4, -0.2) is 40.5 Å². The van der Waals surface area contributed by atoms with E-state index in [1.807, 2.05) is 11.6 Å². The van der Waals surface area contributed by atoms with Crippen molar-refractivity contribution in [3.8, 4) is 0 Å². The number of carbonyl (C=O) groups is 1. The molecule has 0 saturated carbocycles. The van der Waals surface area contributed by atoms with Crippen LogP contribution in [0.15, 0.2) is 18.2 Å². The second-order valence-corrected chi connectivity index (χ2v) is 6.78. The van der Waals surface area contributed by atoms with Crippen LogP contribution in [0.1, 0.15) is 47.1 Å². The Labute approximate surface area is 146 Å². The predicted molar refractivity (Wildman–Crippen MR) is 92.3 cm³/mol. The van der Waals surface area contributed by atoms with Crippen LogP contribution >= 0.6 is 0 Å². The molecule has 0 spiro atoms. The highest BCUT2D eigenvalue weighted by atomic mass is 19.1. The lowest BCUT2D eigenvalue weighted by molar-refractivity contribution is 0.0979. The van der Waals surface area contributed by atoms with Gasteiger partial charge in [0, 0.05) is 12.2 Å². The highest BCUT2D eigenvalue weighted by Crippen LogP contribution is 2.29.